The van der Waals surface area contributed by atoms with Gasteiger partial charge in [0, 0.05) is 74.3 Å². The molecule has 242 valence electrons. The molecule has 47 heavy (non-hydrogen) atoms. The summed E-state index contributed by atoms with van der Waals surface area (Å²) in [5, 5.41) is 24.1. The lowest BCUT2D eigenvalue weighted by Crippen LogP contribution is -2.70. The highest BCUT2D eigenvalue weighted by molar-refractivity contribution is 5.85. The maximum absolute atomic E-state index is 13.5. The van der Waals surface area contributed by atoms with E-state index in [1.165, 1.54) is 0 Å². The van der Waals surface area contributed by atoms with Crippen molar-refractivity contribution in [2.45, 2.75) is 37.1 Å². The molecule has 7 heterocycles. The van der Waals surface area contributed by atoms with Gasteiger partial charge in [-0.15, -0.1) is 0 Å². The SMILES string of the molecule is CN(C)C(CC(=O)N1C2CC1CN(c1ccc(-c3cc(OCCN4CC5C(O)C5C4)cn4ncc(C#N)c34)cn1)C2)c1ccccc1. The number of piperazine rings is 1. The van der Waals surface area contributed by atoms with Crippen LogP contribution < -0.4 is 9.64 Å². The highest BCUT2D eigenvalue weighted by atomic mass is 16.5. The van der Waals surface area contributed by atoms with Gasteiger partial charge in [-0.3, -0.25) is 9.69 Å². The van der Waals surface area contributed by atoms with E-state index in [9.17, 15) is 15.2 Å². The summed E-state index contributed by atoms with van der Waals surface area (Å²) in [5.74, 6) is 2.64. The molecule has 4 saturated heterocycles. The third kappa shape index (κ3) is 5.50. The summed E-state index contributed by atoms with van der Waals surface area (Å²) in [6.45, 7) is 4.72. The summed E-state index contributed by atoms with van der Waals surface area (Å²) in [4.78, 5) is 27.2. The van der Waals surface area contributed by atoms with Crippen LogP contribution in [0.3, 0.4) is 0 Å². The van der Waals surface area contributed by atoms with Gasteiger partial charge in [0.15, 0.2) is 0 Å². The molecular weight excluding hydrogens is 592 g/mol. The van der Waals surface area contributed by atoms with Gasteiger partial charge in [0.05, 0.1) is 41.7 Å². The summed E-state index contributed by atoms with van der Waals surface area (Å²) in [5.41, 5.74) is 4.10. The molecule has 3 aromatic heterocycles. The lowest BCUT2D eigenvalue weighted by atomic mass is 9.86. The van der Waals surface area contributed by atoms with Gasteiger partial charge < -0.3 is 24.5 Å². The van der Waals surface area contributed by atoms with E-state index in [0.29, 0.717) is 36.2 Å². The maximum Gasteiger partial charge on any atom is 0.225 e. The number of aromatic nitrogens is 3. The van der Waals surface area contributed by atoms with Crippen molar-refractivity contribution in [1.29, 1.82) is 5.26 Å². The van der Waals surface area contributed by atoms with Crippen molar-refractivity contribution in [2.75, 3.05) is 58.3 Å². The maximum atomic E-state index is 13.5. The van der Waals surface area contributed by atoms with Crippen molar-refractivity contribution in [3.05, 3.63) is 78.2 Å². The summed E-state index contributed by atoms with van der Waals surface area (Å²) >= 11 is 0. The number of carbonyl (C=O) groups excluding carboxylic acids is 1. The topological polar surface area (TPSA) is 113 Å². The third-order valence-corrected chi connectivity index (χ3v) is 10.6. The second kappa shape index (κ2) is 11.9. The number of nitrogens with zero attached hydrogens (tertiary/aromatic N) is 8. The number of rotatable bonds is 10. The van der Waals surface area contributed by atoms with E-state index < -0.39 is 0 Å². The Kier molecular flexibility index (Phi) is 7.59. The molecule has 1 N–H and O–H groups in total. The van der Waals surface area contributed by atoms with E-state index >= 15 is 0 Å². The molecule has 5 fully saturated rings. The van der Waals surface area contributed by atoms with E-state index in [2.05, 4.69) is 42.9 Å². The minimum atomic E-state index is -0.114. The number of ether oxygens (including phenoxy) is 1. The lowest BCUT2D eigenvalue weighted by molar-refractivity contribution is -0.147. The summed E-state index contributed by atoms with van der Waals surface area (Å²) in [7, 11) is 4.07. The minimum absolute atomic E-state index is 0.0496. The number of amides is 1. The second-order valence-electron chi connectivity index (χ2n) is 13.7. The van der Waals surface area contributed by atoms with Gasteiger partial charge in [-0.2, -0.15) is 10.4 Å². The molecule has 5 atom stereocenters. The fraction of sp³-hybridized carbons (Fsp3) is 0.444. The van der Waals surface area contributed by atoms with Gasteiger partial charge in [0.25, 0.3) is 0 Å². The molecule has 9 rings (SSSR count). The Morgan fingerprint density at radius 3 is 2.53 bits per heavy atom. The number of pyridine rings is 2. The van der Waals surface area contributed by atoms with Crippen LogP contribution in [0.4, 0.5) is 5.82 Å². The number of hydrogen-bond donors (Lipinski definition) is 1. The monoisotopic (exact) mass is 632 g/mol. The van der Waals surface area contributed by atoms with Crippen LogP contribution in [0, 0.1) is 23.2 Å². The zero-order valence-electron chi connectivity index (χ0n) is 26.8. The Bertz CT molecular complexity index is 1800. The van der Waals surface area contributed by atoms with Crippen molar-refractivity contribution >= 4 is 17.2 Å². The molecule has 2 bridgehead atoms. The molecule has 0 radical (unpaired) electrons. The third-order valence-electron chi connectivity index (χ3n) is 10.6. The van der Waals surface area contributed by atoms with E-state index in [4.69, 9.17) is 9.72 Å². The van der Waals surface area contributed by atoms with Crippen molar-refractivity contribution in [2.24, 2.45) is 11.8 Å². The molecule has 1 amide bonds. The van der Waals surface area contributed by atoms with Crippen molar-refractivity contribution in [3.63, 3.8) is 0 Å². The zero-order chi connectivity index (χ0) is 32.2. The van der Waals surface area contributed by atoms with Gasteiger partial charge in [-0.05, 0) is 44.3 Å². The number of anilines is 1. The number of carbonyl (C=O) groups is 1. The number of likely N-dealkylation sites (tertiary alicyclic amines) is 1. The van der Waals surface area contributed by atoms with Gasteiger partial charge in [0.1, 0.15) is 24.2 Å². The average Bonchev–Trinajstić information content (AvgIpc) is 3.40. The Morgan fingerprint density at radius 2 is 1.85 bits per heavy atom. The highest BCUT2D eigenvalue weighted by Crippen LogP contribution is 2.45. The molecule has 5 aliphatic rings. The molecule has 1 aromatic carbocycles. The summed E-state index contributed by atoms with van der Waals surface area (Å²) < 4.78 is 7.88. The minimum Gasteiger partial charge on any atom is -0.491 e. The normalized spacial score (nSPS) is 25.4. The van der Waals surface area contributed by atoms with Crippen LogP contribution in [-0.2, 0) is 4.79 Å². The van der Waals surface area contributed by atoms with Crippen LogP contribution in [0.2, 0.25) is 0 Å². The lowest BCUT2D eigenvalue weighted by Gasteiger charge is -2.56. The number of benzene rings is 1. The predicted molar refractivity (Wildman–Crippen MR) is 177 cm³/mol. The van der Waals surface area contributed by atoms with Gasteiger partial charge in [0.2, 0.25) is 5.91 Å². The quantitative estimate of drug-likeness (QED) is 0.282. The number of aliphatic hydroxyl groups excluding tert-OH is 1. The van der Waals surface area contributed by atoms with Crippen LogP contribution in [0.15, 0.2) is 67.1 Å². The first-order valence-electron chi connectivity index (χ1n) is 16.6. The fourth-order valence-corrected chi connectivity index (χ4v) is 8.02. The van der Waals surface area contributed by atoms with E-state index in [-0.39, 0.29) is 30.1 Å². The van der Waals surface area contributed by atoms with E-state index in [1.807, 2.05) is 62.9 Å². The van der Waals surface area contributed by atoms with Crippen LogP contribution in [-0.4, -0.2) is 112 Å². The zero-order valence-corrected chi connectivity index (χ0v) is 26.8. The first-order chi connectivity index (χ1) is 22.9. The number of hydrogen-bond acceptors (Lipinski definition) is 9. The second-order valence-corrected chi connectivity index (χ2v) is 13.7. The molecule has 11 nitrogen and oxygen atoms in total. The predicted octanol–water partition coefficient (Wildman–Crippen LogP) is 3.05. The van der Waals surface area contributed by atoms with Gasteiger partial charge in [-0.25, -0.2) is 9.50 Å². The molecule has 1 saturated carbocycles. The van der Waals surface area contributed by atoms with Gasteiger partial charge in [-0.1, -0.05) is 30.3 Å². The van der Waals surface area contributed by atoms with Crippen molar-refractivity contribution in [1.82, 2.24) is 29.3 Å². The number of nitriles is 1. The molecule has 11 heteroatoms. The molecular formula is C36H40N8O3. The standard InChI is InChI=1S/C36H40N8O3/c1-40(2)32(23-6-4-3-5-7-23)14-34(45)44-26-12-27(44)19-42(18-26)33-9-8-24(16-38-33)29-13-28(20-43-35(29)25(15-37)17-39-43)47-11-10-41-21-30-31(22-41)36(30)46/h3-9,13,16-17,20,26-27,30-32,36,46H,10-12,14,18-19,21-22H2,1-2H3. The van der Waals surface area contributed by atoms with Gasteiger partial charge >= 0.3 is 0 Å². The molecule has 4 aliphatic heterocycles. The van der Waals surface area contributed by atoms with E-state index in [1.54, 1.807) is 10.7 Å². The Morgan fingerprint density at radius 1 is 1.09 bits per heavy atom. The Balaban J connectivity index is 0.940. The van der Waals surface area contributed by atoms with Crippen LogP contribution in [0.5, 0.6) is 5.75 Å². The Labute approximate surface area is 274 Å². The smallest absolute Gasteiger partial charge is 0.225 e. The van der Waals surface area contributed by atoms with Crippen molar-refractivity contribution in [3.8, 4) is 22.9 Å². The number of aliphatic hydroxyl groups is 1. The number of fused-ring (bicyclic) bond motifs is 4. The fourth-order valence-electron chi connectivity index (χ4n) is 8.02. The average molecular weight is 633 g/mol. The molecule has 5 unspecified atom stereocenters. The largest absolute Gasteiger partial charge is 0.491 e. The number of piperidine rings is 2. The van der Waals surface area contributed by atoms with Crippen molar-refractivity contribution < 1.29 is 14.6 Å². The van der Waals surface area contributed by atoms with Crippen LogP contribution >= 0.6 is 0 Å². The summed E-state index contributed by atoms with van der Waals surface area (Å²) in [6.07, 6.45) is 6.64. The van der Waals surface area contributed by atoms with Crippen LogP contribution in [0.25, 0.3) is 16.6 Å². The molecule has 1 aliphatic carbocycles. The summed E-state index contributed by atoms with van der Waals surface area (Å²) in [6, 6.07) is 19.0. The molecule has 4 aromatic rings. The highest BCUT2D eigenvalue weighted by Gasteiger charge is 2.54. The first kappa shape index (κ1) is 29.9. The Hall–Kier alpha value is -4.50. The first-order valence-corrected chi connectivity index (χ1v) is 16.6. The van der Waals surface area contributed by atoms with Crippen LogP contribution in [0.1, 0.15) is 30.0 Å². The van der Waals surface area contributed by atoms with E-state index in [0.717, 1.165) is 67.2 Å². The molecule has 0 spiro atoms.